The van der Waals surface area contributed by atoms with E-state index in [-0.39, 0.29) is 26.9 Å². The Hall–Kier alpha value is -2.60. The lowest BCUT2D eigenvalue weighted by Gasteiger charge is -2.26. The van der Waals surface area contributed by atoms with Gasteiger partial charge in [0.05, 0.1) is 41.7 Å². The minimum atomic E-state index is -4.02. The number of hydrogen-bond donors (Lipinski definition) is 1. The minimum Gasteiger partial charge on any atom is -0.378 e. The summed E-state index contributed by atoms with van der Waals surface area (Å²) in [6.45, 7) is 2.12. The van der Waals surface area contributed by atoms with E-state index in [0.29, 0.717) is 37.6 Å². The number of hydrogen-bond acceptors (Lipinski definition) is 6. The number of halogens is 3. The topological polar surface area (TPSA) is 97.9 Å². The number of fused-ring (bicyclic) bond motifs is 1. The second-order valence-electron chi connectivity index (χ2n) is 6.99. The van der Waals surface area contributed by atoms with E-state index in [2.05, 4.69) is 9.71 Å². The van der Waals surface area contributed by atoms with Gasteiger partial charge >= 0.3 is 0 Å². The zero-order valence-corrected chi connectivity index (χ0v) is 19.1. The standard InChI is InChI=1S/C19H18Cl2FN5O4S/c1-25-19(28)17(26-5-7-31-8-6-26)18-23-10-12(11-27(18)25)24-32(29,30)9-4-13-14(20)2-3-15(22)16(13)21/h2-4,9-11,24H,5-8H2,1H3/b9-4+. The highest BCUT2D eigenvalue weighted by atomic mass is 35.5. The SMILES string of the molecule is Cn1c(=O)c(N2CCOCC2)c2ncc(NS(=O)(=O)/C=C/c3c(Cl)ccc(F)c3Cl)cn21. The normalized spacial score (nSPS) is 15.1. The van der Waals surface area contributed by atoms with Crippen LogP contribution in [0.15, 0.2) is 34.7 Å². The number of ether oxygens (including phenoxy) is 1. The molecule has 1 saturated heterocycles. The number of anilines is 2. The van der Waals surface area contributed by atoms with Gasteiger partial charge < -0.3 is 9.64 Å². The van der Waals surface area contributed by atoms with Crippen LogP contribution in [0.4, 0.5) is 15.8 Å². The number of morpholine rings is 1. The average molecular weight is 502 g/mol. The van der Waals surface area contributed by atoms with E-state index in [9.17, 15) is 17.6 Å². The van der Waals surface area contributed by atoms with Crippen LogP contribution in [0.25, 0.3) is 11.7 Å². The molecule has 32 heavy (non-hydrogen) atoms. The molecule has 4 rings (SSSR count). The zero-order valence-electron chi connectivity index (χ0n) is 16.8. The summed E-state index contributed by atoms with van der Waals surface area (Å²) in [5.74, 6) is -0.722. The highest BCUT2D eigenvalue weighted by Crippen LogP contribution is 2.29. The van der Waals surface area contributed by atoms with Crippen molar-refractivity contribution in [2.75, 3.05) is 35.9 Å². The van der Waals surface area contributed by atoms with Crippen molar-refractivity contribution in [2.24, 2.45) is 7.05 Å². The minimum absolute atomic E-state index is 0.0373. The number of aromatic nitrogens is 3. The van der Waals surface area contributed by atoms with Gasteiger partial charge in [-0.2, -0.15) is 0 Å². The van der Waals surface area contributed by atoms with Crippen LogP contribution in [0.3, 0.4) is 0 Å². The fourth-order valence-corrected chi connectivity index (χ4v) is 4.64. The molecular formula is C19H18Cl2FN5O4S. The predicted octanol–water partition coefficient (Wildman–Crippen LogP) is 2.73. The largest absolute Gasteiger partial charge is 0.378 e. The molecule has 0 saturated carbocycles. The summed E-state index contributed by atoms with van der Waals surface area (Å²) in [6, 6.07) is 2.36. The van der Waals surface area contributed by atoms with Crippen LogP contribution in [-0.4, -0.2) is 48.9 Å². The molecule has 1 aromatic carbocycles. The Balaban J connectivity index is 1.64. The number of aryl methyl sites for hydroxylation is 1. The first-order valence-corrected chi connectivity index (χ1v) is 11.7. The molecule has 0 radical (unpaired) electrons. The lowest BCUT2D eigenvalue weighted by Crippen LogP contribution is -2.39. The van der Waals surface area contributed by atoms with Crippen molar-refractivity contribution in [1.29, 1.82) is 0 Å². The molecule has 0 bridgehead atoms. The van der Waals surface area contributed by atoms with Gasteiger partial charge in [-0.3, -0.25) is 9.52 Å². The number of sulfonamides is 1. The van der Waals surface area contributed by atoms with Crippen molar-refractivity contribution in [3.8, 4) is 0 Å². The molecule has 0 amide bonds. The number of nitrogens with zero attached hydrogens (tertiary/aromatic N) is 4. The monoisotopic (exact) mass is 501 g/mol. The summed E-state index contributed by atoms with van der Waals surface area (Å²) in [7, 11) is -2.46. The Morgan fingerprint density at radius 1 is 1.25 bits per heavy atom. The second kappa shape index (κ2) is 8.74. The van der Waals surface area contributed by atoms with Crippen LogP contribution < -0.4 is 15.2 Å². The molecule has 3 heterocycles. The lowest BCUT2D eigenvalue weighted by molar-refractivity contribution is 0.122. The smallest absolute Gasteiger partial charge is 0.292 e. The molecule has 1 aliphatic heterocycles. The summed E-state index contributed by atoms with van der Waals surface area (Å²) in [6.07, 6.45) is 3.86. The first kappa shape index (κ1) is 22.6. The Bertz CT molecular complexity index is 1380. The molecule has 13 heteroatoms. The zero-order chi connectivity index (χ0) is 23.0. The van der Waals surface area contributed by atoms with Gasteiger partial charge in [0, 0.05) is 30.7 Å². The molecule has 0 aliphatic carbocycles. The third-order valence-electron chi connectivity index (χ3n) is 4.92. The van der Waals surface area contributed by atoms with E-state index < -0.39 is 15.8 Å². The van der Waals surface area contributed by atoms with Gasteiger partial charge in [0.2, 0.25) is 0 Å². The van der Waals surface area contributed by atoms with Crippen molar-refractivity contribution in [3.05, 3.63) is 61.7 Å². The maximum absolute atomic E-state index is 13.6. The Labute approximate surface area is 192 Å². The van der Waals surface area contributed by atoms with Crippen LogP contribution in [0, 0.1) is 5.82 Å². The van der Waals surface area contributed by atoms with E-state index in [0.717, 1.165) is 17.6 Å². The summed E-state index contributed by atoms with van der Waals surface area (Å²) < 4.78 is 49.2. The molecule has 0 unspecified atom stereocenters. The van der Waals surface area contributed by atoms with Gasteiger partial charge in [-0.05, 0) is 18.2 Å². The second-order valence-corrected chi connectivity index (χ2v) is 9.35. The van der Waals surface area contributed by atoms with Gasteiger partial charge in [-0.25, -0.2) is 27.0 Å². The van der Waals surface area contributed by atoms with Crippen LogP contribution in [0.1, 0.15) is 5.56 Å². The summed E-state index contributed by atoms with van der Waals surface area (Å²) in [5, 5.41) is 0.631. The molecule has 0 atom stereocenters. The van der Waals surface area contributed by atoms with Crippen LogP contribution in [-0.2, 0) is 21.8 Å². The van der Waals surface area contributed by atoms with E-state index in [1.54, 1.807) is 7.05 Å². The quantitative estimate of drug-likeness (QED) is 0.539. The van der Waals surface area contributed by atoms with Crippen molar-refractivity contribution >= 4 is 56.3 Å². The molecule has 1 N–H and O–H groups in total. The van der Waals surface area contributed by atoms with Crippen molar-refractivity contribution in [1.82, 2.24) is 14.2 Å². The fourth-order valence-electron chi connectivity index (χ4n) is 3.33. The molecule has 0 spiro atoms. The first-order chi connectivity index (χ1) is 15.2. The molecule has 3 aromatic rings. The van der Waals surface area contributed by atoms with Crippen LogP contribution >= 0.6 is 23.2 Å². The molecule has 1 fully saturated rings. The van der Waals surface area contributed by atoms with Gasteiger partial charge in [-0.1, -0.05) is 23.2 Å². The van der Waals surface area contributed by atoms with E-state index in [1.807, 2.05) is 4.90 Å². The van der Waals surface area contributed by atoms with Crippen LogP contribution in [0.2, 0.25) is 10.0 Å². The van der Waals surface area contributed by atoms with Gasteiger partial charge in [0.25, 0.3) is 15.6 Å². The number of rotatable bonds is 5. The predicted molar refractivity (Wildman–Crippen MR) is 121 cm³/mol. The summed E-state index contributed by atoms with van der Waals surface area (Å²) in [5.41, 5.74) is 0.736. The Kier molecular flexibility index (Phi) is 6.17. The van der Waals surface area contributed by atoms with E-state index in [1.165, 1.54) is 27.7 Å². The fraction of sp³-hybridized carbons (Fsp3) is 0.263. The van der Waals surface area contributed by atoms with Crippen LogP contribution in [0.5, 0.6) is 0 Å². The first-order valence-electron chi connectivity index (χ1n) is 9.42. The molecule has 170 valence electrons. The third-order valence-corrected chi connectivity index (χ3v) is 6.64. The van der Waals surface area contributed by atoms with Gasteiger partial charge in [0.1, 0.15) is 11.5 Å². The van der Waals surface area contributed by atoms with Gasteiger partial charge in [0.15, 0.2) is 5.65 Å². The third kappa shape index (κ3) is 4.33. The summed E-state index contributed by atoms with van der Waals surface area (Å²) >= 11 is 11.8. The maximum atomic E-state index is 13.6. The number of benzene rings is 1. The van der Waals surface area contributed by atoms with Gasteiger partial charge in [-0.15, -0.1) is 0 Å². The highest BCUT2D eigenvalue weighted by molar-refractivity contribution is 7.95. The van der Waals surface area contributed by atoms with Crippen molar-refractivity contribution in [3.63, 3.8) is 0 Å². The average Bonchev–Trinajstić information content (AvgIpc) is 3.01. The van der Waals surface area contributed by atoms with Crippen molar-refractivity contribution < 1.29 is 17.5 Å². The van der Waals surface area contributed by atoms with E-state index in [4.69, 9.17) is 27.9 Å². The lowest BCUT2D eigenvalue weighted by atomic mass is 10.2. The van der Waals surface area contributed by atoms with E-state index >= 15 is 0 Å². The highest BCUT2D eigenvalue weighted by Gasteiger charge is 2.22. The molecular weight excluding hydrogens is 484 g/mol. The Morgan fingerprint density at radius 3 is 2.69 bits per heavy atom. The molecule has 1 aliphatic rings. The Morgan fingerprint density at radius 2 is 1.97 bits per heavy atom. The maximum Gasteiger partial charge on any atom is 0.292 e. The number of nitrogens with one attached hydrogen (secondary N) is 1. The summed E-state index contributed by atoms with van der Waals surface area (Å²) in [4.78, 5) is 18.9. The molecule has 9 nitrogen and oxygen atoms in total. The van der Waals surface area contributed by atoms with Crippen molar-refractivity contribution in [2.45, 2.75) is 0 Å². The molecule has 2 aromatic heterocycles.